The fourth-order valence-corrected chi connectivity index (χ4v) is 3.05. The van der Waals surface area contributed by atoms with Crippen LogP contribution in [0.2, 0.25) is 0 Å². The summed E-state index contributed by atoms with van der Waals surface area (Å²) in [4.78, 5) is 6.94. The lowest BCUT2D eigenvalue weighted by Gasteiger charge is -2.03. The normalized spacial score (nSPS) is 10.8. The lowest BCUT2D eigenvalue weighted by Crippen LogP contribution is -2.11. The van der Waals surface area contributed by atoms with E-state index in [1.807, 2.05) is 17.5 Å². The van der Waals surface area contributed by atoms with Crippen LogP contribution >= 0.6 is 27.3 Å². The van der Waals surface area contributed by atoms with Crippen molar-refractivity contribution in [3.05, 3.63) is 49.9 Å². The Hall–Kier alpha value is -0.710. The molecule has 0 spiro atoms. The molecule has 0 aliphatic carbocycles. The quantitative estimate of drug-likeness (QED) is 0.928. The van der Waals surface area contributed by atoms with E-state index < -0.39 is 0 Å². The maximum Gasteiger partial charge on any atom is 0.0410 e. The fourth-order valence-electron chi connectivity index (χ4n) is 1.62. The lowest BCUT2D eigenvalue weighted by molar-refractivity contribution is 0.698. The second-order valence-electron chi connectivity index (χ2n) is 4.07. The summed E-state index contributed by atoms with van der Waals surface area (Å²) in [6, 6.07) is 4.34. The van der Waals surface area contributed by atoms with Crippen LogP contribution in [0, 0.1) is 13.8 Å². The SMILES string of the molecule is Cc1cc(CNCc2cncc(Br)c2)sc1C. The Bertz CT molecular complexity index is 488. The molecule has 0 amide bonds. The first kappa shape index (κ1) is 12.7. The van der Waals surface area contributed by atoms with Gasteiger partial charge in [-0.1, -0.05) is 0 Å². The van der Waals surface area contributed by atoms with E-state index in [1.165, 1.54) is 20.9 Å². The second-order valence-corrected chi connectivity index (χ2v) is 6.32. The third kappa shape index (κ3) is 3.63. The van der Waals surface area contributed by atoms with Crippen molar-refractivity contribution in [3.63, 3.8) is 0 Å². The van der Waals surface area contributed by atoms with Crippen LogP contribution in [-0.2, 0) is 13.1 Å². The van der Waals surface area contributed by atoms with Crippen molar-refractivity contribution in [1.82, 2.24) is 10.3 Å². The molecule has 0 aliphatic heterocycles. The number of pyridine rings is 1. The number of hydrogen-bond acceptors (Lipinski definition) is 3. The highest BCUT2D eigenvalue weighted by Gasteiger charge is 2.01. The van der Waals surface area contributed by atoms with Crippen LogP contribution < -0.4 is 5.32 Å². The molecule has 4 heteroatoms. The molecule has 0 fully saturated rings. The first-order valence-corrected chi connectivity index (χ1v) is 7.12. The summed E-state index contributed by atoms with van der Waals surface area (Å²) in [6.07, 6.45) is 3.69. The van der Waals surface area contributed by atoms with E-state index >= 15 is 0 Å². The first-order chi connectivity index (χ1) is 8.15. The number of aryl methyl sites for hydroxylation is 2. The minimum atomic E-state index is 0.850. The molecule has 2 rings (SSSR count). The third-order valence-corrected chi connectivity index (χ3v) is 4.19. The van der Waals surface area contributed by atoms with Crippen molar-refractivity contribution < 1.29 is 0 Å². The molecule has 0 saturated carbocycles. The van der Waals surface area contributed by atoms with Gasteiger partial charge in [0.25, 0.3) is 0 Å². The van der Waals surface area contributed by atoms with Crippen LogP contribution in [0.25, 0.3) is 0 Å². The van der Waals surface area contributed by atoms with E-state index in [0.717, 1.165) is 17.6 Å². The zero-order valence-electron chi connectivity index (χ0n) is 9.96. The Kier molecular flexibility index (Phi) is 4.31. The van der Waals surface area contributed by atoms with Gasteiger partial charge in [0.1, 0.15) is 0 Å². The topological polar surface area (TPSA) is 24.9 Å². The Morgan fingerprint density at radius 1 is 1.24 bits per heavy atom. The summed E-state index contributed by atoms with van der Waals surface area (Å²) in [5, 5.41) is 3.44. The minimum absolute atomic E-state index is 0.850. The van der Waals surface area contributed by atoms with E-state index in [9.17, 15) is 0 Å². The van der Waals surface area contributed by atoms with Gasteiger partial charge in [-0.3, -0.25) is 4.98 Å². The molecule has 0 aliphatic rings. The van der Waals surface area contributed by atoms with Crippen LogP contribution in [0.1, 0.15) is 20.9 Å². The van der Waals surface area contributed by atoms with E-state index in [1.54, 1.807) is 6.20 Å². The van der Waals surface area contributed by atoms with Crippen molar-refractivity contribution in [2.24, 2.45) is 0 Å². The summed E-state index contributed by atoms with van der Waals surface area (Å²) < 4.78 is 1.03. The number of hydrogen-bond donors (Lipinski definition) is 1. The predicted octanol–water partition coefficient (Wildman–Crippen LogP) is 3.81. The van der Waals surface area contributed by atoms with Gasteiger partial charge in [-0.05, 0) is 53.0 Å². The molecule has 2 aromatic rings. The number of halogens is 1. The van der Waals surface area contributed by atoms with Gasteiger partial charge in [-0.15, -0.1) is 11.3 Å². The minimum Gasteiger partial charge on any atom is -0.308 e. The van der Waals surface area contributed by atoms with E-state index in [2.05, 4.69) is 52.2 Å². The van der Waals surface area contributed by atoms with Gasteiger partial charge in [-0.2, -0.15) is 0 Å². The molecule has 2 heterocycles. The first-order valence-electron chi connectivity index (χ1n) is 5.51. The van der Waals surface area contributed by atoms with Gasteiger partial charge in [0.2, 0.25) is 0 Å². The fraction of sp³-hybridized carbons (Fsp3) is 0.308. The third-order valence-electron chi connectivity index (χ3n) is 2.61. The summed E-state index contributed by atoms with van der Waals surface area (Å²) in [5.74, 6) is 0. The maximum atomic E-state index is 4.14. The summed E-state index contributed by atoms with van der Waals surface area (Å²) >= 11 is 5.29. The van der Waals surface area contributed by atoms with Crippen LogP contribution in [0.3, 0.4) is 0 Å². The molecule has 0 unspecified atom stereocenters. The van der Waals surface area contributed by atoms with Crippen LogP contribution in [-0.4, -0.2) is 4.98 Å². The lowest BCUT2D eigenvalue weighted by atomic mass is 10.2. The highest BCUT2D eigenvalue weighted by Crippen LogP contribution is 2.20. The Labute approximate surface area is 114 Å². The van der Waals surface area contributed by atoms with Crippen molar-refractivity contribution in [1.29, 1.82) is 0 Å². The highest BCUT2D eigenvalue weighted by molar-refractivity contribution is 9.10. The van der Waals surface area contributed by atoms with Crippen LogP contribution in [0.15, 0.2) is 29.0 Å². The molecular weight excluding hydrogens is 296 g/mol. The number of aromatic nitrogens is 1. The highest BCUT2D eigenvalue weighted by atomic mass is 79.9. The van der Waals surface area contributed by atoms with Gasteiger partial charge < -0.3 is 5.32 Å². The Morgan fingerprint density at radius 2 is 2.06 bits per heavy atom. The van der Waals surface area contributed by atoms with Crippen molar-refractivity contribution >= 4 is 27.3 Å². The van der Waals surface area contributed by atoms with E-state index in [4.69, 9.17) is 0 Å². The summed E-state index contributed by atoms with van der Waals surface area (Å²) in [7, 11) is 0. The number of rotatable bonds is 4. The molecule has 1 N–H and O–H groups in total. The maximum absolute atomic E-state index is 4.14. The predicted molar refractivity (Wildman–Crippen MR) is 76.3 cm³/mol. The van der Waals surface area contributed by atoms with Gasteiger partial charge in [-0.25, -0.2) is 0 Å². The van der Waals surface area contributed by atoms with Crippen LogP contribution in [0.5, 0.6) is 0 Å². The summed E-state index contributed by atoms with van der Waals surface area (Å²) in [6.45, 7) is 6.10. The molecule has 0 radical (unpaired) electrons. The molecule has 0 atom stereocenters. The number of thiophene rings is 1. The van der Waals surface area contributed by atoms with Crippen molar-refractivity contribution in [2.45, 2.75) is 26.9 Å². The van der Waals surface area contributed by atoms with Gasteiger partial charge in [0.05, 0.1) is 0 Å². The number of nitrogens with zero attached hydrogens (tertiary/aromatic N) is 1. The standard InChI is InChI=1S/C13H15BrN2S/c1-9-3-13(17-10(9)2)8-16-6-11-4-12(14)7-15-5-11/h3-5,7,16H,6,8H2,1-2H3. The molecule has 0 saturated heterocycles. The molecule has 0 aromatic carbocycles. The number of nitrogens with one attached hydrogen (secondary N) is 1. The van der Waals surface area contributed by atoms with Gasteiger partial charge >= 0.3 is 0 Å². The molecule has 2 aromatic heterocycles. The molecule has 90 valence electrons. The second kappa shape index (κ2) is 5.76. The Morgan fingerprint density at radius 3 is 2.71 bits per heavy atom. The van der Waals surface area contributed by atoms with E-state index in [-0.39, 0.29) is 0 Å². The monoisotopic (exact) mass is 310 g/mol. The molecular formula is C13H15BrN2S. The van der Waals surface area contributed by atoms with Crippen LogP contribution in [0.4, 0.5) is 0 Å². The Balaban J connectivity index is 1.87. The van der Waals surface area contributed by atoms with E-state index in [0.29, 0.717) is 0 Å². The molecule has 2 nitrogen and oxygen atoms in total. The average molecular weight is 311 g/mol. The zero-order valence-corrected chi connectivity index (χ0v) is 12.4. The summed E-state index contributed by atoms with van der Waals surface area (Å²) in [5.41, 5.74) is 2.58. The smallest absolute Gasteiger partial charge is 0.0410 e. The van der Waals surface area contributed by atoms with Gasteiger partial charge in [0, 0.05) is 39.7 Å². The van der Waals surface area contributed by atoms with Gasteiger partial charge in [0.15, 0.2) is 0 Å². The largest absolute Gasteiger partial charge is 0.308 e. The van der Waals surface area contributed by atoms with Crippen molar-refractivity contribution in [2.75, 3.05) is 0 Å². The average Bonchev–Trinajstić information content (AvgIpc) is 2.58. The zero-order chi connectivity index (χ0) is 12.3. The van der Waals surface area contributed by atoms with Crippen molar-refractivity contribution in [3.8, 4) is 0 Å². The molecule has 17 heavy (non-hydrogen) atoms. The molecule has 0 bridgehead atoms.